The van der Waals surface area contributed by atoms with Gasteiger partial charge in [0.2, 0.25) is 0 Å². The van der Waals surface area contributed by atoms with Crippen molar-refractivity contribution in [1.29, 1.82) is 0 Å². The van der Waals surface area contributed by atoms with Crippen LogP contribution in [0.15, 0.2) is 12.3 Å². The average molecular weight is 435 g/mol. The Morgan fingerprint density at radius 1 is 1.27 bits per heavy atom. The van der Waals surface area contributed by atoms with Crippen molar-refractivity contribution in [1.82, 2.24) is 10.3 Å². The number of ether oxygens (including phenoxy) is 2. The molecule has 1 aliphatic rings. The molecule has 2 unspecified atom stereocenters. The van der Waals surface area contributed by atoms with Gasteiger partial charge in [-0.1, -0.05) is 0 Å². The Morgan fingerprint density at radius 3 is 2.37 bits per heavy atom. The summed E-state index contributed by atoms with van der Waals surface area (Å²) in [5.74, 6) is -2.04. The second-order valence-electron chi connectivity index (χ2n) is 8.97. The number of primary amides is 1. The molecule has 30 heavy (non-hydrogen) atoms. The molecular weight excluding hydrogens is 410 g/mol. The number of rotatable bonds is 5. The number of carbonyl (C=O) groups is 2. The van der Waals surface area contributed by atoms with Crippen LogP contribution in [0, 0.1) is 11.7 Å². The number of pyridine rings is 1. The van der Waals surface area contributed by atoms with Crippen molar-refractivity contribution >= 4 is 12.2 Å². The molecule has 0 spiro atoms. The summed E-state index contributed by atoms with van der Waals surface area (Å²) in [5.41, 5.74) is 0.226. The van der Waals surface area contributed by atoms with Gasteiger partial charge in [0.05, 0.1) is 17.5 Å². The van der Waals surface area contributed by atoms with E-state index in [1.165, 1.54) is 0 Å². The fourth-order valence-electron chi connectivity index (χ4n) is 3.35. The summed E-state index contributed by atoms with van der Waals surface area (Å²) < 4.78 is 63.2. The van der Waals surface area contributed by atoms with E-state index in [2.05, 4.69) is 10.3 Å². The van der Waals surface area contributed by atoms with Gasteiger partial charge in [0.1, 0.15) is 5.60 Å². The van der Waals surface area contributed by atoms with E-state index >= 15 is 0 Å². The standard InChI is InChI=1S/C19H25F4N3O4/c1-16(2,3)30-15(28)26-17(4,5)7-10-8-18(10,29-14(24)27)13-6-11(19(21,22)23)12(20)9-25-13/h6,9-10H,7-8H2,1-5H3,(H2,24,27)(H,26,28). The van der Waals surface area contributed by atoms with E-state index < -0.39 is 52.4 Å². The molecule has 1 heterocycles. The summed E-state index contributed by atoms with van der Waals surface area (Å²) in [5, 5.41) is 2.68. The van der Waals surface area contributed by atoms with Crippen LogP contribution in [0.3, 0.4) is 0 Å². The largest absolute Gasteiger partial charge is 0.444 e. The molecule has 0 aliphatic heterocycles. The first-order chi connectivity index (χ1) is 13.5. The number of hydrogen-bond acceptors (Lipinski definition) is 5. The van der Waals surface area contributed by atoms with E-state index in [4.69, 9.17) is 15.2 Å². The molecule has 0 bridgehead atoms. The van der Waals surface area contributed by atoms with Gasteiger partial charge in [-0.15, -0.1) is 0 Å². The Balaban J connectivity index is 2.25. The highest BCUT2D eigenvalue weighted by Gasteiger charge is 2.62. The summed E-state index contributed by atoms with van der Waals surface area (Å²) in [6.45, 7) is 8.47. The van der Waals surface area contributed by atoms with Gasteiger partial charge in [0.15, 0.2) is 11.4 Å². The molecule has 1 saturated carbocycles. The fraction of sp³-hybridized carbons (Fsp3) is 0.632. The monoisotopic (exact) mass is 435 g/mol. The minimum atomic E-state index is -4.95. The van der Waals surface area contributed by atoms with Crippen molar-refractivity contribution < 1.29 is 36.6 Å². The summed E-state index contributed by atoms with van der Waals surface area (Å²) in [6.07, 6.45) is -6.06. The van der Waals surface area contributed by atoms with Crippen molar-refractivity contribution in [2.24, 2.45) is 11.7 Å². The average Bonchev–Trinajstić information content (AvgIpc) is 3.14. The minimum absolute atomic E-state index is 0.116. The van der Waals surface area contributed by atoms with Crippen molar-refractivity contribution in [2.45, 2.75) is 70.4 Å². The Bertz CT molecular complexity index is 836. The van der Waals surface area contributed by atoms with Gasteiger partial charge in [-0.25, -0.2) is 14.0 Å². The third kappa shape index (κ3) is 5.73. The minimum Gasteiger partial charge on any atom is -0.444 e. The molecule has 11 heteroatoms. The predicted molar refractivity (Wildman–Crippen MR) is 97.7 cm³/mol. The molecule has 7 nitrogen and oxygen atoms in total. The van der Waals surface area contributed by atoms with E-state index in [0.29, 0.717) is 12.3 Å². The van der Waals surface area contributed by atoms with Gasteiger partial charge >= 0.3 is 18.4 Å². The quantitative estimate of drug-likeness (QED) is 0.674. The van der Waals surface area contributed by atoms with Crippen LogP contribution < -0.4 is 11.1 Å². The van der Waals surface area contributed by atoms with Gasteiger partial charge in [-0.3, -0.25) is 4.98 Å². The van der Waals surface area contributed by atoms with Gasteiger partial charge in [0, 0.05) is 17.9 Å². The van der Waals surface area contributed by atoms with Crippen LogP contribution in [-0.4, -0.2) is 28.3 Å². The molecule has 0 saturated heterocycles. The van der Waals surface area contributed by atoms with E-state index in [0.717, 1.165) is 0 Å². The SMILES string of the molecule is CC(C)(CC1CC1(OC(N)=O)c1cc(C(F)(F)F)c(F)cn1)NC(=O)OC(C)(C)C. The van der Waals surface area contributed by atoms with E-state index in [1.807, 2.05) is 0 Å². The molecule has 2 atom stereocenters. The molecule has 168 valence electrons. The van der Waals surface area contributed by atoms with Crippen LogP contribution >= 0.6 is 0 Å². The first-order valence-electron chi connectivity index (χ1n) is 9.18. The fourth-order valence-corrected chi connectivity index (χ4v) is 3.35. The van der Waals surface area contributed by atoms with Crippen LogP contribution in [0.25, 0.3) is 0 Å². The summed E-state index contributed by atoms with van der Waals surface area (Å²) in [6, 6.07) is 0.520. The Morgan fingerprint density at radius 2 is 1.87 bits per heavy atom. The highest BCUT2D eigenvalue weighted by atomic mass is 19.4. The van der Waals surface area contributed by atoms with Crippen LogP contribution in [0.5, 0.6) is 0 Å². The second-order valence-corrected chi connectivity index (χ2v) is 8.97. The molecule has 1 fully saturated rings. The molecular formula is C19H25F4N3O4. The zero-order valence-electron chi connectivity index (χ0n) is 17.3. The number of nitrogens with two attached hydrogens (primary N) is 1. The zero-order chi connectivity index (χ0) is 23.1. The van der Waals surface area contributed by atoms with Gasteiger partial charge < -0.3 is 20.5 Å². The smallest absolute Gasteiger partial charge is 0.419 e. The number of alkyl carbamates (subject to hydrolysis) is 1. The van der Waals surface area contributed by atoms with E-state index in [9.17, 15) is 27.2 Å². The predicted octanol–water partition coefficient (Wildman–Crippen LogP) is 4.24. The molecule has 1 aliphatic carbocycles. The number of nitrogens with zero attached hydrogens (tertiary/aromatic N) is 1. The molecule has 1 aromatic rings. The van der Waals surface area contributed by atoms with E-state index in [1.54, 1.807) is 34.6 Å². The zero-order valence-corrected chi connectivity index (χ0v) is 17.3. The number of nitrogens with one attached hydrogen (secondary N) is 1. The molecule has 0 radical (unpaired) electrons. The van der Waals surface area contributed by atoms with Crippen molar-refractivity contribution in [2.75, 3.05) is 0 Å². The lowest BCUT2D eigenvalue weighted by molar-refractivity contribution is -0.140. The maximum Gasteiger partial charge on any atom is 0.419 e. The number of aromatic nitrogens is 1. The Kier molecular flexibility index (Phi) is 5.99. The number of amides is 2. The van der Waals surface area contributed by atoms with Crippen LogP contribution in [0.2, 0.25) is 0 Å². The van der Waals surface area contributed by atoms with Gasteiger partial charge in [0.25, 0.3) is 0 Å². The summed E-state index contributed by atoms with van der Waals surface area (Å²) in [7, 11) is 0. The molecule has 2 rings (SSSR count). The second kappa shape index (κ2) is 7.59. The first kappa shape index (κ1) is 23.7. The summed E-state index contributed by atoms with van der Waals surface area (Å²) >= 11 is 0. The third-order valence-electron chi connectivity index (χ3n) is 4.52. The van der Waals surface area contributed by atoms with Crippen molar-refractivity contribution in [3.63, 3.8) is 0 Å². The lowest BCUT2D eigenvalue weighted by Crippen LogP contribution is -2.46. The van der Waals surface area contributed by atoms with Gasteiger partial charge in [-0.05, 0) is 47.1 Å². The summed E-state index contributed by atoms with van der Waals surface area (Å²) in [4.78, 5) is 27.2. The maximum absolute atomic E-state index is 13.6. The van der Waals surface area contributed by atoms with Gasteiger partial charge in [-0.2, -0.15) is 13.2 Å². The van der Waals surface area contributed by atoms with Crippen molar-refractivity contribution in [3.05, 3.63) is 29.3 Å². The molecule has 2 amide bonds. The Hall–Kier alpha value is -2.59. The number of alkyl halides is 3. The normalized spacial score (nSPS) is 21.7. The first-order valence-corrected chi connectivity index (χ1v) is 9.18. The Labute approximate surface area is 171 Å². The van der Waals surface area contributed by atoms with Crippen molar-refractivity contribution in [3.8, 4) is 0 Å². The highest BCUT2D eigenvalue weighted by Crippen LogP contribution is 2.58. The highest BCUT2D eigenvalue weighted by molar-refractivity contribution is 5.68. The number of halogens is 4. The topological polar surface area (TPSA) is 104 Å². The lowest BCUT2D eigenvalue weighted by Gasteiger charge is -2.29. The molecule has 3 N–H and O–H groups in total. The molecule has 0 aromatic carbocycles. The maximum atomic E-state index is 13.6. The molecule has 1 aromatic heterocycles. The lowest BCUT2D eigenvalue weighted by atomic mass is 9.95. The number of carbonyl (C=O) groups excluding carboxylic acids is 2. The van der Waals surface area contributed by atoms with Crippen LogP contribution in [0.1, 0.15) is 58.7 Å². The van der Waals surface area contributed by atoms with E-state index in [-0.39, 0.29) is 18.5 Å². The van der Waals surface area contributed by atoms with Crippen LogP contribution in [0.4, 0.5) is 27.2 Å². The van der Waals surface area contributed by atoms with Crippen LogP contribution in [-0.2, 0) is 21.3 Å². The number of hydrogen-bond donors (Lipinski definition) is 2. The third-order valence-corrected chi connectivity index (χ3v) is 4.52.